The van der Waals surface area contributed by atoms with Crippen molar-refractivity contribution in [3.8, 4) is 0 Å². The van der Waals surface area contributed by atoms with Gasteiger partial charge in [-0.05, 0) is 6.42 Å². The standard InChI is InChI=1S/C12H19N3O3/c1-17-12-10(3-2-4-14-12)11(16)15-8-9-7-13-5-6-18-9/h3,9,13H,2,4-8H2,1H3,(H,15,16). The van der Waals surface area contributed by atoms with Gasteiger partial charge in [0.15, 0.2) is 0 Å². The van der Waals surface area contributed by atoms with Crippen molar-refractivity contribution in [1.82, 2.24) is 10.6 Å². The smallest absolute Gasteiger partial charge is 0.256 e. The van der Waals surface area contributed by atoms with E-state index in [1.54, 1.807) is 0 Å². The van der Waals surface area contributed by atoms with Crippen LogP contribution < -0.4 is 10.6 Å². The van der Waals surface area contributed by atoms with Crippen molar-refractivity contribution in [3.05, 3.63) is 11.6 Å². The molecule has 2 aliphatic heterocycles. The van der Waals surface area contributed by atoms with Crippen LogP contribution >= 0.6 is 0 Å². The maximum absolute atomic E-state index is 12.0. The minimum atomic E-state index is -0.149. The predicted molar refractivity (Wildman–Crippen MR) is 67.6 cm³/mol. The van der Waals surface area contributed by atoms with Gasteiger partial charge in [-0.3, -0.25) is 9.79 Å². The van der Waals surface area contributed by atoms with E-state index in [-0.39, 0.29) is 12.0 Å². The molecule has 0 radical (unpaired) electrons. The normalized spacial score (nSPS) is 23.9. The molecule has 0 aromatic heterocycles. The van der Waals surface area contributed by atoms with Crippen molar-refractivity contribution in [1.29, 1.82) is 0 Å². The van der Waals surface area contributed by atoms with Gasteiger partial charge in [0.05, 0.1) is 25.4 Å². The molecule has 2 rings (SSSR count). The number of nitrogens with zero attached hydrogens (tertiary/aromatic N) is 1. The number of aliphatic imine (C=N–C) groups is 1. The van der Waals surface area contributed by atoms with E-state index in [0.29, 0.717) is 31.2 Å². The summed E-state index contributed by atoms with van der Waals surface area (Å²) < 4.78 is 10.6. The predicted octanol–water partition coefficient (Wildman–Crippen LogP) is -0.534. The molecule has 6 nitrogen and oxygen atoms in total. The summed E-state index contributed by atoms with van der Waals surface area (Å²) in [5.41, 5.74) is 0.521. The Bertz CT molecular complexity index is 360. The van der Waals surface area contributed by atoms with Crippen molar-refractivity contribution in [2.75, 3.05) is 39.9 Å². The van der Waals surface area contributed by atoms with Gasteiger partial charge < -0.3 is 20.1 Å². The molecule has 1 fully saturated rings. The molecule has 0 aromatic carbocycles. The maximum Gasteiger partial charge on any atom is 0.256 e. The van der Waals surface area contributed by atoms with Gasteiger partial charge in [0.1, 0.15) is 0 Å². The highest BCUT2D eigenvalue weighted by atomic mass is 16.5. The molecule has 100 valence electrons. The second-order valence-electron chi connectivity index (χ2n) is 4.20. The van der Waals surface area contributed by atoms with E-state index in [9.17, 15) is 4.79 Å². The Kier molecular flexibility index (Phi) is 4.72. The van der Waals surface area contributed by atoms with E-state index < -0.39 is 0 Å². The van der Waals surface area contributed by atoms with Crippen molar-refractivity contribution in [3.63, 3.8) is 0 Å². The first-order valence-electron chi connectivity index (χ1n) is 6.20. The fourth-order valence-electron chi connectivity index (χ4n) is 1.96. The second-order valence-corrected chi connectivity index (χ2v) is 4.20. The highest BCUT2D eigenvalue weighted by molar-refractivity contribution is 6.18. The Morgan fingerprint density at radius 2 is 2.61 bits per heavy atom. The quantitative estimate of drug-likeness (QED) is 0.709. The number of amides is 1. The highest BCUT2D eigenvalue weighted by Gasteiger charge is 2.20. The number of dihydropyridines is 1. The lowest BCUT2D eigenvalue weighted by atomic mass is 10.1. The van der Waals surface area contributed by atoms with Gasteiger partial charge in [0.25, 0.3) is 5.91 Å². The molecule has 1 unspecified atom stereocenters. The van der Waals surface area contributed by atoms with Gasteiger partial charge in [0, 0.05) is 26.2 Å². The minimum absolute atomic E-state index is 0.0369. The summed E-state index contributed by atoms with van der Waals surface area (Å²) in [4.78, 5) is 16.2. The lowest BCUT2D eigenvalue weighted by Crippen LogP contribution is -2.45. The maximum atomic E-state index is 12.0. The number of carbonyl (C=O) groups is 1. The third-order valence-electron chi connectivity index (χ3n) is 2.90. The summed E-state index contributed by atoms with van der Waals surface area (Å²) in [6, 6.07) is 0. The number of morpholine rings is 1. The zero-order valence-electron chi connectivity index (χ0n) is 10.6. The SMILES string of the molecule is COC1=NCCC=C1C(=O)NCC1CNCCO1. The monoisotopic (exact) mass is 253 g/mol. The molecule has 2 N–H and O–H groups in total. The van der Waals surface area contributed by atoms with Crippen LogP contribution in [0.1, 0.15) is 6.42 Å². The van der Waals surface area contributed by atoms with E-state index in [1.165, 1.54) is 7.11 Å². The lowest BCUT2D eigenvalue weighted by molar-refractivity contribution is -0.117. The molecule has 0 bridgehead atoms. The highest BCUT2D eigenvalue weighted by Crippen LogP contribution is 2.08. The van der Waals surface area contributed by atoms with Crippen LogP contribution in [0.2, 0.25) is 0 Å². The minimum Gasteiger partial charge on any atom is -0.481 e. The summed E-state index contributed by atoms with van der Waals surface area (Å²) in [5, 5.41) is 6.07. The van der Waals surface area contributed by atoms with Gasteiger partial charge in [-0.25, -0.2) is 0 Å². The van der Waals surface area contributed by atoms with Gasteiger partial charge in [-0.1, -0.05) is 6.08 Å². The molecule has 0 spiro atoms. The van der Waals surface area contributed by atoms with E-state index in [1.807, 2.05) is 6.08 Å². The van der Waals surface area contributed by atoms with Crippen LogP contribution in [-0.4, -0.2) is 57.8 Å². The zero-order valence-corrected chi connectivity index (χ0v) is 10.6. The molecular weight excluding hydrogens is 234 g/mol. The molecule has 0 saturated carbocycles. The molecule has 1 atom stereocenters. The number of ether oxygens (including phenoxy) is 2. The summed E-state index contributed by atoms with van der Waals surface area (Å²) in [6.45, 7) is 3.50. The number of methoxy groups -OCH3 is 1. The topological polar surface area (TPSA) is 72.0 Å². The van der Waals surface area contributed by atoms with E-state index in [2.05, 4.69) is 15.6 Å². The number of rotatable bonds is 3. The number of hydrogen-bond acceptors (Lipinski definition) is 5. The van der Waals surface area contributed by atoms with Crippen molar-refractivity contribution in [2.45, 2.75) is 12.5 Å². The van der Waals surface area contributed by atoms with Crippen LogP contribution in [0.15, 0.2) is 16.6 Å². The molecule has 6 heteroatoms. The Morgan fingerprint density at radius 3 is 3.33 bits per heavy atom. The summed E-state index contributed by atoms with van der Waals surface area (Å²) in [5.74, 6) is 0.269. The van der Waals surface area contributed by atoms with E-state index in [4.69, 9.17) is 9.47 Å². The largest absolute Gasteiger partial charge is 0.481 e. The molecule has 0 aliphatic carbocycles. The van der Waals surface area contributed by atoms with Crippen LogP contribution in [0.4, 0.5) is 0 Å². The third-order valence-corrected chi connectivity index (χ3v) is 2.90. The summed E-state index contributed by atoms with van der Waals surface area (Å²) >= 11 is 0. The zero-order chi connectivity index (χ0) is 12.8. The Balaban J connectivity index is 1.83. The van der Waals surface area contributed by atoms with E-state index in [0.717, 1.165) is 19.5 Å². The van der Waals surface area contributed by atoms with Gasteiger partial charge in [0.2, 0.25) is 5.90 Å². The number of hydrogen-bond donors (Lipinski definition) is 2. The van der Waals surface area contributed by atoms with Gasteiger partial charge in [-0.2, -0.15) is 0 Å². The van der Waals surface area contributed by atoms with Gasteiger partial charge in [-0.15, -0.1) is 0 Å². The molecule has 2 heterocycles. The average molecular weight is 253 g/mol. The fourth-order valence-corrected chi connectivity index (χ4v) is 1.96. The molecule has 0 aromatic rings. The molecule has 1 saturated heterocycles. The molecule has 1 amide bonds. The molecule has 2 aliphatic rings. The van der Waals surface area contributed by atoms with Crippen LogP contribution in [0.25, 0.3) is 0 Å². The average Bonchev–Trinajstić information content (AvgIpc) is 2.45. The lowest BCUT2D eigenvalue weighted by Gasteiger charge is -2.24. The third kappa shape index (κ3) is 3.30. The molecule has 18 heavy (non-hydrogen) atoms. The first-order chi connectivity index (χ1) is 8.81. The Morgan fingerprint density at radius 1 is 1.72 bits per heavy atom. The van der Waals surface area contributed by atoms with Crippen LogP contribution in [0.5, 0.6) is 0 Å². The molecular formula is C12H19N3O3. The number of nitrogens with one attached hydrogen (secondary N) is 2. The van der Waals surface area contributed by atoms with Crippen LogP contribution in [-0.2, 0) is 14.3 Å². The van der Waals surface area contributed by atoms with Crippen molar-refractivity contribution >= 4 is 11.8 Å². The van der Waals surface area contributed by atoms with Gasteiger partial charge >= 0.3 is 0 Å². The second kappa shape index (κ2) is 6.51. The fraction of sp³-hybridized carbons (Fsp3) is 0.667. The van der Waals surface area contributed by atoms with Crippen molar-refractivity contribution < 1.29 is 14.3 Å². The Labute approximate surface area is 106 Å². The summed E-state index contributed by atoms with van der Waals surface area (Å²) in [7, 11) is 1.53. The summed E-state index contributed by atoms with van der Waals surface area (Å²) in [6.07, 6.45) is 2.67. The van der Waals surface area contributed by atoms with Crippen molar-refractivity contribution in [2.24, 2.45) is 4.99 Å². The van der Waals surface area contributed by atoms with Crippen LogP contribution in [0, 0.1) is 0 Å². The Hall–Kier alpha value is -1.40. The number of carbonyl (C=O) groups excluding carboxylic acids is 1. The first kappa shape index (κ1) is 13.0. The first-order valence-corrected chi connectivity index (χ1v) is 6.20. The van der Waals surface area contributed by atoms with Crippen LogP contribution in [0.3, 0.4) is 0 Å². The van der Waals surface area contributed by atoms with E-state index >= 15 is 0 Å².